The van der Waals surface area contributed by atoms with E-state index in [0.717, 1.165) is 15.9 Å². The minimum absolute atomic E-state index is 0.0193. The van der Waals surface area contributed by atoms with E-state index < -0.39 is 40.0 Å². The molecule has 0 unspecified atom stereocenters. The monoisotopic (exact) mass is 534 g/mol. The first-order valence-electron chi connectivity index (χ1n) is 10.1. The highest BCUT2D eigenvalue weighted by molar-refractivity contribution is 9.10. The van der Waals surface area contributed by atoms with Crippen molar-refractivity contribution in [2.24, 2.45) is 0 Å². The number of nitro groups is 1. The number of phenolic OH excluding ortho intramolecular Hbond substituents is 1. The fourth-order valence-corrected chi connectivity index (χ4v) is 4.73. The molecule has 2 heterocycles. The summed E-state index contributed by atoms with van der Waals surface area (Å²) in [6.45, 7) is 0. The van der Waals surface area contributed by atoms with Crippen LogP contribution >= 0.6 is 15.9 Å². The van der Waals surface area contributed by atoms with Gasteiger partial charge in [-0.15, -0.1) is 0 Å². The van der Waals surface area contributed by atoms with Gasteiger partial charge in [0.15, 0.2) is 0 Å². The summed E-state index contributed by atoms with van der Waals surface area (Å²) in [5, 5.41) is 32.7. The third-order valence-corrected chi connectivity index (χ3v) is 7.16. The van der Waals surface area contributed by atoms with Gasteiger partial charge in [-0.2, -0.15) is 4.39 Å². The first kappa shape index (κ1) is 23.6. The van der Waals surface area contributed by atoms with E-state index in [9.17, 15) is 34.3 Å². The average molecular weight is 535 g/mol. The van der Waals surface area contributed by atoms with Crippen LogP contribution in [0.1, 0.15) is 11.1 Å². The van der Waals surface area contributed by atoms with E-state index in [4.69, 9.17) is 0 Å². The van der Waals surface area contributed by atoms with E-state index in [1.54, 1.807) is 12.1 Å². The quantitative estimate of drug-likeness (QED) is 0.339. The fourth-order valence-electron chi connectivity index (χ4n) is 4.32. The van der Waals surface area contributed by atoms with Crippen LogP contribution in [0.15, 0.2) is 41.0 Å². The number of fused-ring (bicyclic) bond motifs is 1. The van der Waals surface area contributed by atoms with Crippen molar-refractivity contribution in [1.82, 2.24) is 14.8 Å². The maximum Gasteiger partial charge on any atom is 0.314 e. The summed E-state index contributed by atoms with van der Waals surface area (Å²) < 4.78 is 14.5. The van der Waals surface area contributed by atoms with E-state index in [1.165, 1.54) is 32.4 Å². The lowest BCUT2D eigenvalue weighted by molar-refractivity contribution is -0.385. The lowest BCUT2D eigenvalue weighted by Crippen LogP contribution is -2.71. The molecule has 1 aromatic heterocycles. The molecule has 0 radical (unpaired) electrons. The minimum Gasteiger partial charge on any atom is -0.507 e. The highest BCUT2D eigenvalue weighted by Gasteiger charge is 2.53. The number of aromatic amines is 1. The van der Waals surface area contributed by atoms with E-state index in [2.05, 4.69) is 20.9 Å². The number of benzene rings is 2. The number of rotatable bonds is 5. The number of H-pyrrole nitrogens is 1. The number of aliphatic hydroxyl groups is 1. The summed E-state index contributed by atoms with van der Waals surface area (Å²) in [5.41, 5.74) is -1.93. The number of hydrogen-bond donors (Lipinski definition) is 3. The summed E-state index contributed by atoms with van der Waals surface area (Å²) >= 11 is 3.22. The van der Waals surface area contributed by atoms with Crippen LogP contribution in [0, 0.1) is 15.9 Å². The zero-order valence-corrected chi connectivity index (χ0v) is 19.7. The van der Waals surface area contributed by atoms with Gasteiger partial charge in [-0.1, -0.05) is 12.1 Å². The van der Waals surface area contributed by atoms with Crippen molar-refractivity contribution in [1.29, 1.82) is 0 Å². The van der Waals surface area contributed by atoms with Gasteiger partial charge < -0.3 is 25.0 Å². The Bertz CT molecular complexity index is 1340. The van der Waals surface area contributed by atoms with E-state index >= 15 is 0 Å². The van der Waals surface area contributed by atoms with Gasteiger partial charge in [0.2, 0.25) is 17.4 Å². The maximum atomic E-state index is 14.2. The second-order valence-electron chi connectivity index (χ2n) is 8.17. The van der Waals surface area contributed by atoms with Gasteiger partial charge in [0.05, 0.1) is 20.3 Å². The molecule has 3 aromatic rings. The molecule has 12 heteroatoms. The molecule has 0 aliphatic carbocycles. The van der Waals surface area contributed by atoms with Crippen LogP contribution in [0.4, 0.5) is 10.1 Å². The molecule has 1 aliphatic heterocycles. The number of aromatic hydroxyl groups is 1. The highest BCUT2D eigenvalue weighted by Crippen LogP contribution is 2.36. The summed E-state index contributed by atoms with van der Waals surface area (Å²) in [6, 6.07) is 5.82. The summed E-state index contributed by atoms with van der Waals surface area (Å²) in [7, 11) is 2.64. The van der Waals surface area contributed by atoms with Crippen LogP contribution in [0.2, 0.25) is 0 Å². The second kappa shape index (κ2) is 8.37. The van der Waals surface area contributed by atoms with Gasteiger partial charge in [0, 0.05) is 33.1 Å². The van der Waals surface area contributed by atoms with Gasteiger partial charge in [0.1, 0.15) is 11.8 Å². The SMILES string of the molecule is CN1C(=O)[C@](O)(Cc2cccc(O)c2Br)N(C)C(=O)[C@@H]1Cc1c[nH]c2ccc(F)c([N+](=O)[O-])c12. The van der Waals surface area contributed by atoms with E-state index in [-0.39, 0.29) is 34.0 Å². The molecule has 10 nitrogen and oxygen atoms in total. The number of nitro benzene ring substituents is 1. The molecular formula is C22H20BrFN4O6. The number of hydrogen-bond acceptors (Lipinski definition) is 6. The molecule has 0 saturated carbocycles. The molecule has 34 heavy (non-hydrogen) atoms. The average Bonchev–Trinajstić information content (AvgIpc) is 3.19. The number of nitrogens with zero attached hydrogens (tertiary/aromatic N) is 3. The Morgan fingerprint density at radius 1 is 1.24 bits per heavy atom. The van der Waals surface area contributed by atoms with E-state index in [1.807, 2.05) is 0 Å². The third-order valence-electron chi connectivity index (χ3n) is 6.24. The minimum atomic E-state index is -2.23. The Balaban J connectivity index is 1.69. The third kappa shape index (κ3) is 3.59. The zero-order chi connectivity index (χ0) is 24.9. The lowest BCUT2D eigenvalue weighted by Gasteiger charge is -2.47. The molecule has 4 rings (SSSR count). The van der Waals surface area contributed by atoms with Crippen molar-refractivity contribution in [3.05, 3.63) is 68.1 Å². The summed E-state index contributed by atoms with van der Waals surface area (Å²) in [4.78, 5) is 42.0. The highest BCUT2D eigenvalue weighted by atomic mass is 79.9. The van der Waals surface area contributed by atoms with Crippen molar-refractivity contribution in [3.63, 3.8) is 0 Å². The largest absolute Gasteiger partial charge is 0.507 e. The van der Waals surface area contributed by atoms with Gasteiger partial charge >= 0.3 is 5.69 Å². The van der Waals surface area contributed by atoms with Gasteiger partial charge in [-0.05, 0) is 45.3 Å². The van der Waals surface area contributed by atoms with Crippen molar-refractivity contribution in [2.75, 3.05) is 14.1 Å². The first-order chi connectivity index (χ1) is 16.0. The van der Waals surface area contributed by atoms with Crippen LogP contribution in [0.5, 0.6) is 5.75 Å². The Labute approximate surface area is 200 Å². The van der Waals surface area contributed by atoms with E-state index in [0.29, 0.717) is 11.1 Å². The van der Waals surface area contributed by atoms with Crippen LogP contribution in [-0.2, 0) is 22.4 Å². The number of halogens is 2. The molecule has 1 saturated heterocycles. The fraction of sp³-hybridized carbons (Fsp3) is 0.273. The number of carbonyl (C=O) groups is 2. The number of aromatic nitrogens is 1. The van der Waals surface area contributed by atoms with Gasteiger partial charge in [-0.3, -0.25) is 19.7 Å². The molecular weight excluding hydrogens is 515 g/mol. The smallest absolute Gasteiger partial charge is 0.314 e. The number of amides is 2. The summed E-state index contributed by atoms with van der Waals surface area (Å²) in [5.74, 6) is -2.47. The van der Waals surface area contributed by atoms with Crippen LogP contribution < -0.4 is 0 Å². The number of likely N-dealkylation sites (N-methyl/N-ethyl adjacent to an activating group) is 2. The van der Waals surface area contributed by atoms with Gasteiger partial charge in [-0.25, -0.2) is 0 Å². The van der Waals surface area contributed by atoms with Gasteiger partial charge in [0.25, 0.3) is 5.91 Å². The molecule has 0 bridgehead atoms. The molecule has 2 aromatic carbocycles. The predicted molar refractivity (Wildman–Crippen MR) is 122 cm³/mol. The Morgan fingerprint density at radius 2 is 1.94 bits per heavy atom. The maximum absolute atomic E-state index is 14.2. The number of carbonyl (C=O) groups excluding carboxylic acids is 2. The Morgan fingerprint density at radius 3 is 2.62 bits per heavy atom. The van der Waals surface area contributed by atoms with Crippen molar-refractivity contribution < 1.29 is 29.1 Å². The number of nitrogens with one attached hydrogen (secondary N) is 1. The molecule has 1 fully saturated rings. The zero-order valence-electron chi connectivity index (χ0n) is 18.1. The number of piperazine rings is 1. The second-order valence-corrected chi connectivity index (χ2v) is 8.96. The molecule has 2 atom stereocenters. The predicted octanol–water partition coefficient (Wildman–Crippen LogP) is 2.46. The Hall–Kier alpha value is -3.51. The lowest BCUT2D eigenvalue weighted by atomic mass is 9.92. The van der Waals surface area contributed by atoms with Crippen molar-refractivity contribution in [2.45, 2.75) is 24.6 Å². The molecule has 1 aliphatic rings. The molecule has 2 amide bonds. The van der Waals surface area contributed by atoms with Crippen LogP contribution in [0.25, 0.3) is 10.9 Å². The first-order valence-corrected chi connectivity index (χ1v) is 10.9. The van der Waals surface area contributed by atoms with Crippen LogP contribution in [0.3, 0.4) is 0 Å². The standard InChI is InChI=1S/C22H20BrFN4O6/c1-26-15(8-12-10-25-14-7-6-13(24)19(17(12)14)28(33)34)20(30)27(2)22(32,21(26)31)9-11-4-3-5-16(29)18(11)23/h3-7,10,15,25,29,32H,8-9H2,1-2H3/t15-,22+/m0/s1. The molecule has 178 valence electrons. The van der Waals surface area contributed by atoms with Crippen LogP contribution in [-0.4, -0.2) is 67.6 Å². The normalized spacial score (nSPS) is 20.9. The van der Waals surface area contributed by atoms with Crippen molar-refractivity contribution in [3.8, 4) is 5.75 Å². The summed E-state index contributed by atoms with van der Waals surface area (Å²) in [6.07, 6.45) is 1.01. The number of phenols is 1. The molecule has 3 N–H and O–H groups in total. The van der Waals surface area contributed by atoms with Crippen molar-refractivity contribution >= 4 is 44.3 Å². The molecule has 0 spiro atoms. The Kier molecular flexibility index (Phi) is 5.82. The topological polar surface area (TPSA) is 140 Å².